The summed E-state index contributed by atoms with van der Waals surface area (Å²) < 4.78 is 10.5. The zero-order valence-corrected chi connectivity index (χ0v) is 17.7. The molecule has 0 aliphatic carbocycles. The lowest BCUT2D eigenvalue weighted by molar-refractivity contribution is -0.174. The van der Waals surface area contributed by atoms with Crippen LogP contribution in [-0.4, -0.2) is 41.8 Å². The summed E-state index contributed by atoms with van der Waals surface area (Å²) in [6, 6.07) is 19.0. The van der Waals surface area contributed by atoms with Gasteiger partial charge in [-0.1, -0.05) is 60.7 Å². The molecule has 2 saturated heterocycles. The summed E-state index contributed by atoms with van der Waals surface area (Å²) in [6.07, 6.45) is 1.43. The maximum absolute atomic E-state index is 13.2. The van der Waals surface area contributed by atoms with Crippen LogP contribution in [0.3, 0.4) is 0 Å². The van der Waals surface area contributed by atoms with Crippen molar-refractivity contribution in [2.24, 2.45) is 5.41 Å². The Morgan fingerprint density at radius 2 is 1.65 bits per heavy atom. The second kappa shape index (κ2) is 9.02. The number of carbonyl (C=O) groups is 3. The fourth-order valence-electron chi connectivity index (χ4n) is 5.04. The molecule has 2 heterocycles. The van der Waals surface area contributed by atoms with E-state index < -0.39 is 17.4 Å². The van der Waals surface area contributed by atoms with E-state index in [1.54, 1.807) is 0 Å². The van der Waals surface area contributed by atoms with Gasteiger partial charge in [0.05, 0.1) is 13.5 Å². The Morgan fingerprint density at radius 1 is 1.00 bits per heavy atom. The van der Waals surface area contributed by atoms with Crippen LogP contribution in [0.25, 0.3) is 0 Å². The molecule has 31 heavy (non-hydrogen) atoms. The van der Waals surface area contributed by atoms with Crippen LogP contribution in [0.5, 0.6) is 0 Å². The van der Waals surface area contributed by atoms with E-state index in [9.17, 15) is 14.4 Å². The van der Waals surface area contributed by atoms with E-state index in [2.05, 4.69) is 4.90 Å². The van der Waals surface area contributed by atoms with Crippen LogP contribution in [0.15, 0.2) is 60.7 Å². The van der Waals surface area contributed by atoms with Gasteiger partial charge in [-0.3, -0.25) is 19.3 Å². The first-order valence-corrected chi connectivity index (χ1v) is 10.7. The van der Waals surface area contributed by atoms with Gasteiger partial charge in [0.2, 0.25) is 0 Å². The van der Waals surface area contributed by atoms with E-state index in [1.807, 2.05) is 60.7 Å². The Morgan fingerprint density at radius 3 is 2.29 bits per heavy atom. The predicted molar refractivity (Wildman–Crippen MR) is 114 cm³/mol. The van der Waals surface area contributed by atoms with E-state index in [-0.39, 0.29) is 37.3 Å². The first-order chi connectivity index (χ1) is 15.0. The topological polar surface area (TPSA) is 72.9 Å². The lowest BCUT2D eigenvalue weighted by atomic mass is 9.70. The number of nitrogens with zero attached hydrogens (tertiary/aromatic N) is 1. The van der Waals surface area contributed by atoms with Gasteiger partial charge < -0.3 is 9.47 Å². The number of benzene rings is 2. The van der Waals surface area contributed by atoms with Gasteiger partial charge in [-0.25, -0.2) is 0 Å². The van der Waals surface area contributed by atoms with Gasteiger partial charge in [0.1, 0.15) is 6.61 Å². The molecule has 0 saturated carbocycles. The number of hydrogen-bond acceptors (Lipinski definition) is 6. The van der Waals surface area contributed by atoms with Crippen LogP contribution >= 0.6 is 0 Å². The minimum Gasteiger partial charge on any atom is -0.468 e. The highest BCUT2D eigenvalue weighted by atomic mass is 16.5. The van der Waals surface area contributed by atoms with E-state index in [0.717, 1.165) is 17.5 Å². The van der Waals surface area contributed by atoms with Gasteiger partial charge >= 0.3 is 11.9 Å². The molecule has 2 aliphatic rings. The summed E-state index contributed by atoms with van der Waals surface area (Å²) in [5, 5.41) is 0. The Labute approximate surface area is 182 Å². The van der Waals surface area contributed by atoms with Crippen LogP contribution in [0, 0.1) is 5.41 Å². The number of fused-ring (bicyclic) bond motifs is 2. The SMILES string of the molecule is COC(=O)[C@@]1(CC(=O)OCc2ccccc2)C(=O)C[C@H]2CC[C@@H]1N2Cc1ccccc1. The summed E-state index contributed by atoms with van der Waals surface area (Å²) in [4.78, 5) is 41.3. The number of ketones is 1. The fourth-order valence-corrected chi connectivity index (χ4v) is 5.04. The summed E-state index contributed by atoms with van der Waals surface area (Å²) in [6.45, 7) is 0.730. The van der Waals surface area contributed by atoms with Crippen molar-refractivity contribution in [2.75, 3.05) is 7.11 Å². The van der Waals surface area contributed by atoms with E-state index >= 15 is 0 Å². The zero-order chi connectivity index (χ0) is 21.8. The number of carbonyl (C=O) groups excluding carboxylic acids is 3. The molecule has 2 aliphatic heterocycles. The standard InChI is InChI=1S/C25H27NO5/c1-30-24(29)25(15-23(28)31-17-19-10-6-3-7-11-19)21-13-12-20(14-22(25)27)26(21)16-18-8-4-2-5-9-18/h2-11,20-21H,12-17H2,1H3/t20-,21+,25-/m1/s1. The molecule has 0 unspecified atom stereocenters. The highest BCUT2D eigenvalue weighted by molar-refractivity contribution is 6.08. The highest BCUT2D eigenvalue weighted by Gasteiger charge is 2.62. The average molecular weight is 421 g/mol. The molecule has 2 aromatic carbocycles. The second-order valence-corrected chi connectivity index (χ2v) is 8.32. The minimum atomic E-state index is -1.52. The third-order valence-corrected chi connectivity index (χ3v) is 6.55. The molecule has 0 amide bonds. The molecule has 0 spiro atoms. The molecule has 6 heteroatoms. The lowest BCUT2D eigenvalue weighted by Crippen LogP contribution is -2.61. The zero-order valence-electron chi connectivity index (χ0n) is 17.7. The summed E-state index contributed by atoms with van der Waals surface area (Å²) >= 11 is 0. The molecular weight excluding hydrogens is 394 g/mol. The van der Waals surface area contributed by atoms with Crippen molar-refractivity contribution in [1.82, 2.24) is 4.90 Å². The molecule has 2 bridgehead atoms. The largest absolute Gasteiger partial charge is 0.468 e. The Bertz CT molecular complexity index is 945. The number of Topliss-reactive ketones (excluding diaryl/α,β-unsaturated/α-hetero) is 1. The van der Waals surface area contributed by atoms with E-state index in [0.29, 0.717) is 13.0 Å². The second-order valence-electron chi connectivity index (χ2n) is 8.32. The monoisotopic (exact) mass is 421 g/mol. The van der Waals surface area contributed by atoms with Crippen LogP contribution in [-0.2, 0) is 37.0 Å². The summed E-state index contributed by atoms with van der Waals surface area (Å²) in [5.41, 5.74) is 0.438. The predicted octanol–water partition coefficient (Wildman–Crippen LogP) is 3.29. The van der Waals surface area contributed by atoms with Crippen LogP contribution < -0.4 is 0 Å². The van der Waals surface area contributed by atoms with Crippen molar-refractivity contribution in [1.29, 1.82) is 0 Å². The van der Waals surface area contributed by atoms with Gasteiger partial charge in [0.15, 0.2) is 11.2 Å². The molecule has 0 radical (unpaired) electrons. The number of methoxy groups -OCH3 is 1. The molecule has 2 aromatic rings. The number of rotatable bonds is 7. The maximum atomic E-state index is 13.2. The quantitative estimate of drug-likeness (QED) is 0.505. The summed E-state index contributed by atoms with van der Waals surface area (Å²) in [5.74, 6) is -1.42. The Hall–Kier alpha value is -2.99. The normalized spacial score (nSPS) is 25.3. The van der Waals surface area contributed by atoms with Crippen LogP contribution in [0.4, 0.5) is 0 Å². The minimum absolute atomic E-state index is 0.0795. The molecular formula is C25H27NO5. The molecule has 0 N–H and O–H groups in total. The van der Waals surface area contributed by atoms with Crippen molar-refractivity contribution in [3.05, 3.63) is 71.8 Å². The van der Waals surface area contributed by atoms with Gasteiger partial charge in [0.25, 0.3) is 0 Å². The lowest BCUT2D eigenvalue weighted by Gasteiger charge is -2.45. The van der Waals surface area contributed by atoms with Crippen LogP contribution in [0.2, 0.25) is 0 Å². The molecule has 0 aromatic heterocycles. The summed E-state index contributed by atoms with van der Waals surface area (Å²) in [7, 11) is 1.27. The van der Waals surface area contributed by atoms with Crippen molar-refractivity contribution in [2.45, 2.75) is 50.9 Å². The molecule has 6 nitrogen and oxygen atoms in total. The Kier molecular flexibility index (Phi) is 6.18. The van der Waals surface area contributed by atoms with Crippen molar-refractivity contribution in [3.8, 4) is 0 Å². The smallest absolute Gasteiger partial charge is 0.321 e. The molecule has 3 atom stereocenters. The number of hydrogen-bond donors (Lipinski definition) is 0. The van der Waals surface area contributed by atoms with Gasteiger partial charge in [-0.2, -0.15) is 0 Å². The van der Waals surface area contributed by atoms with Gasteiger partial charge in [-0.05, 0) is 24.0 Å². The number of ether oxygens (including phenoxy) is 2. The van der Waals surface area contributed by atoms with Gasteiger partial charge in [-0.15, -0.1) is 0 Å². The molecule has 2 fully saturated rings. The van der Waals surface area contributed by atoms with Crippen molar-refractivity contribution < 1.29 is 23.9 Å². The van der Waals surface area contributed by atoms with Gasteiger partial charge in [0, 0.05) is 25.0 Å². The van der Waals surface area contributed by atoms with Crippen molar-refractivity contribution >= 4 is 17.7 Å². The first-order valence-electron chi connectivity index (χ1n) is 10.7. The fraction of sp³-hybridized carbons (Fsp3) is 0.400. The first kappa shape index (κ1) is 21.2. The third kappa shape index (κ3) is 4.12. The average Bonchev–Trinajstić information content (AvgIpc) is 3.11. The van der Waals surface area contributed by atoms with E-state index in [4.69, 9.17) is 9.47 Å². The molecule has 4 rings (SSSR count). The van der Waals surface area contributed by atoms with E-state index in [1.165, 1.54) is 7.11 Å². The maximum Gasteiger partial charge on any atom is 0.321 e. The third-order valence-electron chi connectivity index (χ3n) is 6.55. The molecule has 162 valence electrons. The van der Waals surface area contributed by atoms with Crippen molar-refractivity contribution in [3.63, 3.8) is 0 Å². The highest BCUT2D eigenvalue weighted by Crippen LogP contribution is 2.48. The number of esters is 2. The number of piperidine rings is 1. The Balaban J connectivity index is 1.57. The van der Waals surface area contributed by atoms with Crippen LogP contribution in [0.1, 0.15) is 36.8 Å².